The Morgan fingerprint density at radius 2 is 2.11 bits per heavy atom. The average molecular weight is 150 g/mol. The molecule has 0 amide bonds. The van der Waals surface area contributed by atoms with E-state index in [9.17, 15) is 4.79 Å². The van der Waals surface area contributed by atoms with Crippen molar-refractivity contribution in [2.45, 2.75) is 6.92 Å². The summed E-state index contributed by atoms with van der Waals surface area (Å²) in [5.74, 6) is -0.859. The first-order valence-electron chi connectivity index (χ1n) is 2.37. The largest absolute Gasteiger partial charge is 0.478 e. The van der Waals surface area contributed by atoms with Gasteiger partial charge in [-0.15, -0.1) is 12.4 Å². The van der Waals surface area contributed by atoms with Crippen molar-refractivity contribution in [1.82, 2.24) is 0 Å². The Bertz CT molecular complexity index is 176. The smallest absolute Gasteiger partial charge is 0.334 e. The summed E-state index contributed by atoms with van der Waals surface area (Å²) in [5.41, 5.74) is 6.11. The molecule has 0 aromatic carbocycles. The summed E-state index contributed by atoms with van der Waals surface area (Å²) in [4.78, 5) is 10.0. The summed E-state index contributed by atoms with van der Waals surface area (Å²) in [6, 6.07) is 0. The summed E-state index contributed by atoms with van der Waals surface area (Å²) < 4.78 is 0. The highest BCUT2D eigenvalue weighted by atomic mass is 35.5. The summed E-state index contributed by atoms with van der Waals surface area (Å²) >= 11 is 0. The summed E-state index contributed by atoms with van der Waals surface area (Å²) in [6.45, 7) is 1.78. The van der Waals surface area contributed by atoms with Gasteiger partial charge in [-0.3, -0.25) is 0 Å². The van der Waals surface area contributed by atoms with Crippen LogP contribution < -0.4 is 5.73 Å². The molecular weight excluding hydrogens is 142 g/mol. The van der Waals surface area contributed by atoms with E-state index in [-0.39, 0.29) is 18.3 Å². The number of carbonyl (C=O) groups is 1. The number of hydrogen-bond donors (Lipinski definition) is 2. The van der Waals surface area contributed by atoms with Crippen molar-refractivity contribution in [3.05, 3.63) is 11.3 Å². The van der Waals surface area contributed by atoms with Crippen LogP contribution in [0, 0.1) is 5.92 Å². The second kappa shape index (κ2) is 2.27. The van der Waals surface area contributed by atoms with E-state index < -0.39 is 5.97 Å². The Balaban J connectivity index is 0.000000640. The van der Waals surface area contributed by atoms with Crippen LogP contribution in [0.25, 0.3) is 0 Å². The fourth-order valence-electron chi connectivity index (χ4n) is 0.667. The number of halogens is 1. The molecular formula is C5H8ClNO2. The second-order valence-electron chi connectivity index (χ2n) is 1.90. The fourth-order valence-corrected chi connectivity index (χ4v) is 0.667. The van der Waals surface area contributed by atoms with Gasteiger partial charge in [-0.1, -0.05) is 6.92 Å². The second-order valence-corrected chi connectivity index (χ2v) is 1.90. The van der Waals surface area contributed by atoms with E-state index in [1.807, 2.05) is 0 Å². The third kappa shape index (κ3) is 1.16. The Kier molecular flexibility index (Phi) is 2.09. The van der Waals surface area contributed by atoms with Crippen molar-refractivity contribution in [2.75, 3.05) is 0 Å². The van der Waals surface area contributed by atoms with Crippen LogP contribution in [0.15, 0.2) is 11.3 Å². The highest BCUT2D eigenvalue weighted by Crippen LogP contribution is 2.33. The van der Waals surface area contributed by atoms with Crippen molar-refractivity contribution in [3.8, 4) is 0 Å². The highest BCUT2D eigenvalue weighted by Gasteiger charge is 2.35. The minimum Gasteiger partial charge on any atom is -0.478 e. The Morgan fingerprint density at radius 1 is 1.78 bits per heavy atom. The fraction of sp³-hybridized carbons (Fsp3) is 0.400. The number of allylic oxidation sites excluding steroid dienone is 1. The van der Waals surface area contributed by atoms with Crippen LogP contribution in [-0.4, -0.2) is 11.1 Å². The zero-order valence-corrected chi connectivity index (χ0v) is 5.73. The quantitative estimate of drug-likeness (QED) is 0.566. The molecule has 0 bridgehead atoms. The van der Waals surface area contributed by atoms with E-state index in [1.54, 1.807) is 6.92 Å². The molecule has 0 aliphatic heterocycles. The molecule has 3 N–H and O–H groups in total. The molecule has 0 radical (unpaired) electrons. The van der Waals surface area contributed by atoms with Crippen LogP contribution in [0.3, 0.4) is 0 Å². The molecule has 9 heavy (non-hydrogen) atoms. The molecule has 1 unspecified atom stereocenters. The maximum absolute atomic E-state index is 10.0. The van der Waals surface area contributed by atoms with Gasteiger partial charge in [0.25, 0.3) is 0 Å². The van der Waals surface area contributed by atoms with Gasteiger partial charge in [-0.25, -0.2) is 4.79 Å². The molecule has 0 aromatic rings. The SMILES string of the molecule is CC1C(N)=C1C(=O)O.Cl. The summed E-state index contributed by atoms with van der Waals surface area (Å²) in [6.07, 6.45) is 0. The van der Waals surface area contributed by atoms with Gasteiger partial charge in [0.1, 0.15) is 0 Å². The summed E-state index contributed by atoms with van der Waals surface area (Å²) in [5, 5.41) is 8.26. The standard InChI is InChI=1S/C5H7NO2.ClH/c1-2-3(4(2)6)5(7)8;/h2H,6H2,1H3,(H,7,8);1H. The first-order chi connectivity index (χ1) is 3.64. The highest BCUT2D eigenvalue weighted by molar-refractivity contribution is 5.94. The zero-order valence-electron chi connectivity index (χ0n) is 4.92. The van der Waals surface area contributed by atoms with E-state index in [0.29, 0.717) is 11.3 Å². The molecule has 1 aliphatic rings. The molecule has 0 saturated carbocycles. The third-order valence-corrected chi connectivity index (χ3v) is 1.36. The zero-order chi connectivity index (χ0) is 6.31. The van der Waals surface area contributed by atoms with E-state index in [1.165, 1.54) is 0 Å². The molecule has 1 rings (SSSR count). The maximum atomic E-state index is 10.0. The van der Waals surface area contributed by atoms with E-state index in [4.69, 9.17) is 10.8 Å². The number of rotatable bonds is 1. The van der Waals surface area contributed by atoms with Gasteiger partial charge in [0.2, 0.25) is 0 Å². The van der Waals surface area contributed by atoms with Crippen LogP contribution in [0.2, 0.25) is 0 Å². The molecule has 1 atom stereocenters. The lowest BCUT2D eigenvalue weighted by molar-refractivity contribution is -0.132. The van der Waals surface area contributed by atoms with Crippen molar-refractivity contribution >= 4 is 18.4 Å². The monoisotopic (exact) mass is 149 g/mol. The third-order valence-electron chi connectivity index (χ3n) is 1.36. The molecule has 0 saturated heterocycles. The first kappa shape index (κ1) is 8.30. The van der Waals surface area contributed by atoms with Crippen molar-refractivity contribution < 1.29 is 9.90 Å². The Hall–Kier alpha value is -0.700. The summed E-state index contributed by atoms with van der Waals surface area (Å²) in [7, 11) is 0. The van der Waals surface area contributed by atoms with Gasteiger partial charge in [-0.2, -0.15) is 0 Å². The van der Waals surface area contributed by atoms with Crippen molar-refractivity contribution in [3.63, 3.8) is 0 Å². The predicted octanol–water partition coefficient (Wildman–Crippen LogP) is 0.355. The molecule has 0 aromatic heterocycles. The minimum atomic E-state index is -0.880. The number of nitrogens with two attached hydrogens (primary N) is 1. The lowest BCUT2D eigenvalue weighted by Crippen LogP contribution is -1.91. The van der Waals surface area contributed by atoms with E-state index in [2.05, 4.69) is 0 Å². The number of carboxylic acid groups (broad SMARTS) is 1. The molecule has 4 heteroatoms. The maximum Gasteiger partial charge on any atom is 0.334 e. The van der Waals surface area contributed by atoms with Gasteiger partial charge >= 0.3 is 5.97 Å². The van der Waals surface area contributed by atoms with E-state index in [0.717, 1.165) is 0 Å². The Labute approximate surface area is 59.0 Å². The minimum absolute atomic E-state index is 0. The topological polar surface area (TPSA) is 63.3 Å². The van der Waals surface area contributed by atoms with Crippen LogP contribution >= 0.6 is 12.4 Å². The van der Waals surface area contributed by atoms with Crippen LogP contribution in [0.1, 0.15) is 6.92 Å². The van der Waals surface area contributed by atoms with Gasteiger partial charge in [-0.05, 0) is 0 Å². The molecule has 3 nitrogen and oxygen atoms in total. The predicted molar refractivity (Wildman–Crippen MR) is 35.3 cm³/mol. The number of aliphatic carboxylic acids is 1. The molecule has 52 valence electrons. The van der Waals surface area contributed by atoms with Crippen molar-refractivity contribution in [1.29, 1.82) is 0 Å². The average Bonchev–Trinajstić information content (AvgIpc) is 2.15. The van der Waals surface area contributed by atoms with Crippen LogP contribution in [-0.2, 0) is 4.79 Å². The van der Waals surface area contributed by atoms with Crippen molar-refractivity contribution in [2.24, 2.45) is 11.7 Å². The van der Waals surface area contributed by atoms with Gasteiger partial charge in [0.15, 0.2) is 0 Å². The first-order valence-corrected chi connectivity index (χ1v) is 2.37. The Morgan fingerprint density at radius 3 is 2.11 bits per heavy atom. The van der Waals surface area contributed by atoms with E-state index >= 15 is 0 Å². The van der Waals surface area contributed by atoms with Gasteiger partial charge in [0, 0.05) is 11.6 Å². The normalized spacial score (nSPS) is 23.0. The van der Waals surface area contributed by atoms with Crippen LogP contribution in [0.5, 0.6) is 0 Å². The van der Waals surface area contributed by atoms with Crippen LogP contribution in [0.4, 0.5) is 0 Å². The molecule has 1 aliphatic carbocycles. The lowest BCUT2D eigenvalue weighted by Gasteiger charge is -1.78. The lowest BCUT2D eigenvalue weighted by atomic mass is 10.3. The number of carboxylic acids is 1. The molecule has 0 heterocycles. The van der Waals surface area contributed by atoms with Gasteiger partial charge < -0.3 is 10.8 Å². The molecule has 0 fully saturated rings. The van der Waals surface area contributed by atoms with Gasteiger partial charge in [0.05, 0.1) is 5.57 Å². The number of hydrogen-bond acceptors (Lipinski definition) is 2. The molecule has 0 spiro atoms.